The average Bonchev–Trinajstić information content (AvgIpc) is 2.89. The normalized spacial score (nSPS) is 32.3. The highest BCUT2D eigenvalue weighted by Crippen LogP contribution is 2.49. The quantitative estimate of drug-likeness (QED) is 0.781. The molecule has 0 heterocycles. The highest BCUT2D eigenvalue weighted by atomic mass is 19.3. The summed E-state index contributed by atoms with van der Waals surface area (Å²) >= 11 is 0. The summed E-state index contributed by atoms with van der Waals surface area (Å²) in [6, 6.07) is -0.453. The van der Waals surface area contributed by atoms with E-state index in [9.17, 15) is 13.6 Å². The summed E-state index contributed by atoms with van der Waals surface area (Å²) in [4.78, 5) is 11.0. The van der Waals surface area contributed by atoms with Gasteiger partial charge in [-0.15, -0.1) is 0 Å². The van der Waals surface area contributed by atoms with Crippen LogP contribution < -0.4 is 5.32 Å². The van der Waals surface area contributed by atoms with Gasteiger partial charge in [-0.3, -0.25) is 4.79 Å². The number of carboxylic acids is 1. The Bertz CT molecular complexity index is 302. The highest BCUT2D eigenvalue weighted by Gasteiger charge is 2.55. The topological polar surface area (TPSA) is 49.3 Å². The van der Waals surface area contributed by atoms with E-state index in [4.69, 9.17) is 5.11 Å². The first-order chi connectivity index (χ1) is 7.36. The van der Waals surface area contributed by atoms with Gasteiger partial charge in [0.05, 0.1) is 5.41 Å². The van der Waals surface area contributed by atoms with Crippen LogP contribution in [0, 0.1) is 5.41 Å². The summed E-state index contributed by atoms with van der Waals surface area (Å²) in [5, 5.41) is 12.1. The zero-order valence-corrected chi connectivity index (χ0v) is 9.30. The van der Waals surface area contributed by atoms with Crippen LogP contribution in [0.5, 0.6) is 0 Å². The smallest absolute Gasteiger partial charge is 0.311 e. The van der Waals surface area contributed by atoms with Crippen LogP contribution in [0.3, 0.4) is 0 Å². The van der Waals surface area contributed by atoms with Gasteiger partial charge in [-0.25, -0.2) is 8.78 Å². The van der Waals surface area contributed by atoms with Gasteiger partial charge in [0.2, 0.25) is 5.92 Å². The number of carbonyl (C=O) groups is 1. The number of aliphatic carboxylic acids is 1. The molecule has 0 aromatic rings. The summed E-state index contributed by atoms with van der Waals surface area (Å²) in [7, 11) is 0. The van der Waals surface area contributed by atoms with Crippen molar-refractivity contribution in [2.24, 2.45) is 5.41 Å². The minimum absolute atomic E-state index is 0.0859. The van der Waals surface area contributed by atoms with Gasteiger partial charge in [0.15, 0.2) is 0 Å². The van der Waals surface area contributed by atoms with Crippen molar-refractivity contribution in [1.82, 2.24) is 5.32 Å². The molecule has 0 bridgehead atoms. The molecule has 2 fully saturated rings. The van der Waals surface area contributed by atoms with E-state index in [1.807, 2.05) is 0 Å². The Morgan fingerprint density at radius 3 is 2.44 bits per heavy atom. The molecule has 2 saturated carbocycles. The summed E-state index contributed by atoms with van der Waals surface area (Å²) < 4.78 is 25.9. The second kappa shape index (κ2) is 3.65. The van der Waals surface area contributed by atoms with Crippen LogP contribution in [-0.2, 0) is 4.79 Å². The molecule has 0 saturated heterocycles. The molecule has 0 spiro atoms. The Balaban J connectivity index is 1.89. The summed E-state index contributed by atoms with van der Waals surface area (Å²) in [5.41, 5.74) is -0.697. The molecule has 2 aliphatic carbocycles. The largest absolute Gasteiger partial charge is 0.481 e. The van der Waals surface area contributed by atoms with Crippen LogP contribution in [0.1, 0.15) is 39.0 Å². The van der Waals surface area contributed by atoms with Gasteiger partial charge in [0.1, 0.15) is 0 Å². The lowest BCUT2D eigenvalue weighted by atomic mass is 9.97. The first kappa shape index (κ1) is 11.8. The third-order valence-corrected chi connectivity index (χ3v) is 3.93. The molecule has 2 unspecified atom stereocenters. The van der Waals surface area contributed by atoms with E-state index in [2.05, 4.69) is 5.32 Å². The van der Waals surface area contributed by atoms with Gasteiger partial charge in [-0.1, -0.05) is 0 Å². The Morgan fingerprint density at radius 2 is 2.06 bits per heavy atom. The molecule has 2 atom stereocenters. The molecular weight excluding hydrogens is 216 g/mol. The number of hydrogen-bond donors (Lipinski definition) is 2. The summed E-state index contributed by atoms with van der Waals surface area (Å²) in [6.45, 7) is 1.79. The standard InChI is InChI=1S/C11H17F2NO2/c1-7(10(4-5-10)9(15)16)14-8-2-3-11(12,13)6-8/h7-8,14H,2-6H2,1H3,(H,15,16). The van der Waals surface area contributed by atoms with Gasteiger partial charge in [-0.05, 0) is 26.2 Å². The van der Waals surface area contributed by atoms with Crippen molar-refractivity contribution < 1.29 is 18.7 Å². The molecule has 2 rings (SSSR count). The summed E-state index contributed by atoms with van der Waals surface area (Å²) in [6.07, 6.45) is 1.50. The predicted octanol–water partition coefficient (Wildman–Crippen LogP) is 2.02. The van der Waals surface area contributed by atoms with Crippen LogP contribution in [0.4, 0.5) is 8.78 Å². The second-order valence-corrected chi connectivity index (χ2v) is 5.15. The molecule has 16 heavy (non-hydrogen) atoms. The van der Waals surface area contributed by atoms with Crippen molar-refractivity contribution in [2.75, 3.05) is 0 Å². The number of hydrogen-bond acceptors (Lipinski definition) is 2. The fourth-order valence-electron chi connectivity index (χ4n) is 2.57. The zero-order valence-electron chi connectivity index (χ0n) is 9.30. The lowest BCUT2D eigenvalue weighted by Crippen LogP contribution is -2.44. The Morgan fingerprint density at radius 1 is 1.44 bits per heavy atom. The van der Waals surface area contributed by atoms with Crippen molar-refractivity contribution >= 4 is 5.97 Å². The Hall–Kier alpha value is -0.710. The predicted molar refractivity (Wildman–Crippen MR) is 54.5 cm³/mol. The SMILES string of the molecule is CC(NC1CCC(F)(F)C1)C1(C(=O)O)CC1. The Labute approximate surface area is 93.2 Å². The fraction of sp³-hybridized carbons (Fsp3) is 0.909. The van der Waals surface area contributed by atoms with E-state index in [1.165, 1.54) is 0 Å². The third-order valence-electron chi connectivity index (χ3n) is 3.93. The number of rotatable bonds is 4. The highest BCUT2D eigenvalue weighted by molar-refractivity contribution is 5.78. The van der Waals surface area contributed by atoms with E-state index >= 15 is 0 Å². The first-order valence-electron chi connectivity index (χ1n) is 5.73. The van der Waals surface area contributed by atoms with Crippen molar-refractivity contribution in [3.63, 3.8) is 0 Å². The zero-order chi connectivity index (χ0) is 12.0. The molecule has 0 aromatic heterocycles. The van der Waals surface area contributed by atoms with E-state index in [1.54, 1.807) is 6.92 Å². The van der Waals surface area contributed by atoms with Crippen LogP contribution in [0.2, 0.25) is 0 Å². The van der Waals surface area contributed by atoms with Crippen molar-refractivity contribution in [3.8, 4) is 0 Å². The van der Waals surface area contributed by atoms with E-state index < -0.39 is 17.3 Å². The van der Waals surface area contributed by atoms with E-state index in [-0.39, 0.29) is 24.9 Å². The monoisotopic (exact) mass is 233 g/mol. The Kier molecular flexibility index (Phi) is 2.69. The van der Waals surface area contributed by atoms with E-state index in [0.717, 1.165) is 0 Å². The van der Waals surface area contributed by atoms with Crippen LogP contribution in [-0.4, -0.2) is 29.1 Å². The number of nitrogens with one attached hydrogen (secondary N) is 1. The molecular formula is C11H17F2NO2. The summed E-state index contributed by atoms with van der Waals surface area (Å²) in [5.74, 6) is -3.38. The third kappa shape index (κ3) is 2.05. The maximum absolute atomic E-state index is 13.0. The lowest BCUT2D eigenvalue weighted by Gasteiger charge is -2.24. The first-order valence-corrected chi connectivity index (χ1v) is 5.73. The minimum atomic E-state index is -2.57. The van der Waals surface area contributed by atoms with Gasteiger partial charge >= 0.3 is 5.97 Å². The van der Waals surface area contributed by atoms with Gasteiger partial charge in [-0.2, -0.15) is 0 Å². The molecule has 0 amide bonds. The molecule has 0 aliphatic heterocycles. The van der Waals surface area contributed by atoms with Crippen molar-refractivity contribution in [3.05, 3.63) is 0 Å². The molecule has 2 N–H and O–H groups in total. The minimum Gasteiger partial charge on any atom is -0.481 e. The van der Waals surface area contributed by atoms with Crippen LogP contribution in [0.25, 0.3) is 0 Å². The molecule has 0 radical (unpaired) electrons. The second-order valence-electron chi connectivity index (χ2n) is 5.15. The molecule has 92 valence electrons. The molecule has 2 aliphatic rings. The van der Waals surface area contributed by atoms with Gasteiger partial charge < -0.3 is 10.4 Å². The molecule has 5 heteroatoms. The van der Waals surface area contributed by atoms with Gasteiger partial charge in [0, 0.05) is 24.9 Å². The van der Waals surface area contributed by atoms with Crippen molar-refractivity contribution in [2.45, 2.75) is 57.0 Å². The molecule has 3 nitrogen and oxygen atoms in total. The maximum atomic E-state index is 13.0. The number of carboxylic acid groups (broad SMARTS) is 1. The van der Waals surface area contributed by atoms with Gasteiger partial charge in [0.25, 0.3) is 0 Å². The van der Waals surface area contributed by atoms with E-state index in [0.29, 0.717) is 19.3 Å². The number of alkyl halides is 2. The lowest BCUT2D eigenvalue weighted by molar-refractivity contribution is -0.144. The number of halogens is 2. The maximum Gasteiger partial charge on any atom is 0.311 e. The van der Waals surface area contributed by atoms with Crippen LogP contribution in [0.15, 0.2) is 0 Å². The average molecular weight is 233 g/mol. The van der Waals surface area contributed by atoms with Crippen LogP contribution >= 0.6 is 0 Å². The van der Waals surface area contributed by atoms with Crippen molar-refractivity contribution in [1.29, 1.82) is 0 Å². The molecule has 0 aromatic carbocycles. The fourth-order valence-corrected chi connectivity index (χ4v) is 2.57.